The molecule has 0 radical (unpaired) electrons. The fourth-order valence-electron chi connectivity index (χ4n) is 4.22. The van der Waals surface area contributed by atoms with Crippen LogP contribution >= 0.6 is 0 Å². The summed E-state index contributed by atoms with van der Waals surface area (Å²) in [5, 5.41) is 3.46. The van der Waals surface area contributed by atoms with Crippen LogP contribution in [-0.4, -0.2) is 7.18 Å². The van der Waals surface area contributed by atoms with Gasteiger partial charge in [0.25, 0.3) is 0 Å². The lowest BCUT2D eigenvalue weighted by atomic mass is 9.88. The van der Waals surface area contributed by atoms with E-state index in [1.165, 1.54) is 74.5 Å². The number of benzene rings is 1. The summed E-state index contributed by atoms with van der Waals surface area (Å²) >= 11 is 0. The van der Waals surface area contributed by atoms with Crippen LogP contribution in [0.5, 0.6) is 0 Å². The second kappa shape index (κ2) is 11.5. The minimum Gasteiger partial charge on any atom is -0.359 e. The van der Waals surface area contributed by atoms with Crippen molar-refractivity contribution in [1.82, 2.24) is 0 Å². The third kappa shape index (κ3) is 7.45. The number of nitrogens with one attached hydrogen (secondary N) is 1. The first-order valence-electron chi connectivity index (χ1n) is 11.6. The van der Waals surface area contributed by atoms with Crippen molar-refractivity contribution < 1.29 is 4.39 Å². The SMILES string of the molecule is C=C1CCC(C)CC1.C=C1CCCC1Cc1ccc(NC(=C)C2(C)CC2)cc1.CF. The van der Waals surface area contributed by atoms with E-state index < -0.39 is 0 Å². The summed E-state index contributed by atoms with van der Waals surface area (Å²) in [6, 6.07) is 8.86. The van der Waals surface area contributed by atoms with Crippen molar-refractivity contribution in [3.05, 3.63) is 66.4 Å². The second-order valence-electron chi connectivity index (χ2n) is 9.75. The summed E-state index contributed by atoms with van der Waals surface area (Å²) in [4.78, 5) is 0. The predicted molar refractivity (Wildman–Crippen MR) is 131 cm³/mol. The number of hydrogen-bond acceptors (Lipinski definition) is 1. The van der Waals surface area contributed by atoms with E-state index in [9.17, 15) is 4.39 Å². The Morgan fingerprint density at radius 1 is 1.03 bits per heavy atom. The smallest absolute Gasteiger partial charge is 0.0785 e. The lowest BCUT2D eigenvalue weighted by Crippen LogP contribution is -2.08. The van der Waals surface area contributed by atoms with Gasteiger partial charge >= 0.3 is 0 Å². The monoisotopic (exact) mass is 411 g/mol. The number of alkyl halides is 1. The van der Waals surface area contributed by atoms with Crippen LogP contribution in [0.3, 0.4) is 0 Å². The average molecular weight is 412 g/mol. The lowest BCUT2D eigenvalue weighted by molar-refractivity contribution is 0.445. The van der Waals surface area contributed by atoms with Crippen molar-refractivity contribution in [1.29, 1.82) is 0 Å². The molecular formula is C28H42FN. The Labute approximate surface area is 184 Å². The molecule has 0 spiro atoms. The largest absolute Gasteiger partial charge is 0.359 e. The van der Waals surface area contributed by atoms with Crippen molar-refractivity contribution in [2.75, 3.05) is 12.5 Å². The first kappa shape index (κ1) is 24.4. The van der Waals surface area contributed by atoms with Crippen molar-refractivity contribution >= 4 is 5.69 Å². The third-order valence-electron chi connectivity index (χ3n) is 7.07. The summed E-state index contributed by atoms with van der Waals surface area (Å²) in [7, 11) is 0.500. The van der Waals surface area contributed by atoms with Gasteiger partial charge in [-0.3, -0.25) is 4.39 Å². The fraction of sp³-hybridized carbons (Fsp3) is 0.571. The first-order valence-corrected chi connectivity index (χ1v) is 11.6. The second-order valence-corrected chi connectivity index (χ2v) is 9.75. The standard InChI is InChI=1S/C19H25N.C8H14.CH3F/c1-14-5-4-6-17(14)13-16-7-9-18(10-8-16)20-15(2)19(3)11-12-19;1-7-3-5-8(2)6-4-7;1-2/h7-10,17,20H,1-2,4-6,11-13H2,3H3;8H,1,3-6H2,2H3;1H3. The van der Waals surface area contributed by atoms with Crippen LogP contribution in [-0.2, 0) is 6.42 Å². The third-order valence-corrected chi connectivity index (χ3v) is 7.07. The first-order chi connectivity index (χ1) is 14.4. The Morgan fingerprint density at radius 2 is 1.63 bits per heavy atom. The van der Waals surface area contributed by atoms with E-state index in [0.29, 0.717) is 18.5 Å². The highest BCUT2D eigenvalue weighted by atomic mass is 19.1. The minimum absolute atomic E-state index is 0.334. The number of allylic oxidation sites excluding steroid dienone is 3. The highest BCUT2D eigenvalue weighted by Gasteiger charge is 2.40. The molecule has 0 aromatic heterocycles. The molecule has 0 amide bonds. The summed E-state index contributed by atoms with van der Waals surface area (Å²) in [5.41, 5.74) is 6.99. The average Bonchev–Trinajstić information content (AvgIpc) is 3.39. The molecule has 1 unspecified atom stereocenters. The van der Waals surface area contributed by atoms with Gasteiger partial charge in [-0.25, -0.2) is 0 Å². The highest BCUT2D eigenvalue weighted by molar-refractivity contribution is 5.50. The van der Waals surface area contributed by atoms with Crippen LogP contribution in [0.15, 0.2) is 60.8 Å². The van der Waals surface area contributed by atoms with E-state index in [1.807, 2.05) is 0 Å². The van der Waals surface area contributed by atoms with Crippen molar-refractivity contribution in [3.63, 3.8) is 0 Å². The molecule has 0 bridgehead atoms. The van der Waals surface area contributed by atoms with Crippen molar-refractivity contribution in [2.24, 2.45) is 17.3 Å². The van der Waals surface area contributed by atoms with E-state index in [4.69, 9.17) is 0 Å². The fourth-order valence-corrected chi connectivity index (χ4v) is 4.22. The molecule has 2 heteroatoms. The maximum absolute atomic E-state index is 9.50. The van der Waals surface area contributed by atoms with Crippen LogP contribution in [0.4, 0.5) is 10.1 Å². The van der Waals surface area contributed by atoms with Crippen molar-refractivity contribution in [3.8, 4) is 0 Å². The molecule has 3 aliphatic carbocycles. The Bertz CT molecular complexity index is 701. The van der Waals surface area contributed by atoms with E-state index >= 15 is 0 Å². The lowest BCUT2D eigenvalue weighted by Gasteiger charge is -2.18. The number of rotatable bonds is 5. The zero-order valence-electron chi connectivity index (χ0n) is 19.5. The van der Waals surface area contributed by atoms with Gasteiger partial charge in [-0.05, 0) is 93.7 Å². The molecule has 1 N–H and O–H groups in total. The Balaban J connectivity index is 0.000000269. The summed E-state index contributed by atoms with van der Waals surface area (Å²) in [5.74, 6) is 1.66. The van der Waals surface area contributed by atoms with E-state index in [-0.39, 0.29) is 0 Å². The maximum Gasteiger partial charge on any atom is 0.0785 e. The maximum atomic E-state index is 9.50. The molecule has 166 valence electrons. The normalized spacial score (nSPS) is 22.3. The molecule has 30 heavy (non-hydrogen) atoms. The molecule has 0 saturated heterocycles. The van der Waals surface area contributed by atoms with Gasteiger partial charge < -0.3 is 5.32 Å². The highest BCUT2D eigenvalue weighted by Crippen LogP contribution is 2.50. The molecule has 1 aromatic carbocycles. The molecule has 0 heterocycles. The Hall–Kier alpha value is -1.83. The van der Waals surface area contributed by atoms with Crippen molar-refractivity contribution in [2.45, 2.75) is 78.1 Å². The summed E-state index contributed by atoms with van der Waals surface area (Å²) in [6.45, 7) is 16.9. The van der Waals surface area contributed by atoms with Gasteiger partial charge in [-0.1, -0.05) is 56.9 Å². The molecule has 3 aliphatic rings. The van der Waals surface area contributed by atoms with Crippen LogP contribution in [0.25, 0.3) is 0 Å². The van der Waals surface area contributed by atoms with Gasteiger partial charge in [-0.2, -0.15) is 0 Å². The topological polar surface area (TPSA) is 12.0 Å². The van der Waals surface area contributed by atoms with Gasteiger partial charge in [0, 0.05) is 16.8 Å². The molecule has 0 aliphatic heterocycles. The van der Waals surface area contributed by atoms with Crippen LogP contribution in [0.2, 0.25) is 0 Å². The molecule has 1 atom stereocenters. The molecule has 3 fully saturated rings. The Kier molecular flexibility index (Phi) is 9.39. The number of halogens is 1. The predicted octanol–water partition coefficient (Wildman–Crippen LogP) is 8.65. The zero-order chi connectivity index (χ0) is 22.1. The quantitative estimate of drug-likeness (QED) is 0.478. The number of anilines is 1. The number of hydrogen-bond donors (Lipinski definition) is 1. The van der Waals surface area contributed by atoms with E-state index in [2.05, 4.69) is 63.2 Å². The zero-order valence-corrected chi connectivity index (χ0v) is 19.5. The molecule has 1 nitrogen and oxygen atoms in total. The van der Waals surface area contributed by atoms with Gasteiger partial charge in [0.2, 0.25) is 0 Å². The van der Waals surface area contributed by atoms with Crippen LogP contribution in [0, 0.1) is 17.3 Å². The van der Waals surface area contributed by atoms with E-state index in [1.54, 1.807) is 0 Å². The van der Waals surface area contributed by atoms with Gasteiger partial charge in [0.05, 0.1) is 7.18 Å². The molecule has 4 rings (SSSR count). The summed E-state index contributed by atoms with van der Waals surface area (Å²) < 4.78 is 9.50. The van der Waals surface area contributed by atoms with Gasteiger partial charge in [0.1, 0.15) is 0 Å². The summed E-state index contributed by atoms with van der Waals surface area (Å²) in [6.07, 6.45) is 12.8. The molecule has 3 saturated carbocycles. The minimum atomic E-state index is 0.334. The van der Waals surface area contributed by atoms with Crippen LogP contribution in [0.1, 0.15) is 77.2 Å². The molecule has 1 aromatic rings. The van der Waals surface area contributed by atoms with Gasteiger partial charge in [0.15, 0.2) is 0 Å². The Morgan fingerprint density at radius 3 is 2.10 bits per heavy atom. The molecular weight excluding hydrogens is 369 g/mol. The van der Waals surface area contributed by atoms with E-state index in [0.717, 1.165) is 23.7 Å². The van der Waals surface area contributed by atoms with Crippen LogP contribution < -0.4 is 5.32 Å². The van der Waals surface area contributed by atoms with Gasteiger partial charge in [-0.15, -0.1) is 0 Å².